The molecule has 0 bridgehead atoms. The van der Waals surface area contributed by atoms with E-state index in [1.807, 2.05) is 61.5 Å². The van der Waals surface area contributed by atoms with Crippen LogP contribution in [0, 0.1) is 11.3 Å². The Bertz CT molecular complexity index is 543. The van der Waals surface area contributed by atoms with Gasteiger partial charge < -0.3 is 4.74 Å². The Labute approximate surface area is 107 Å². The van der Waals surface area contributed by atoms with Crippen LogP contribution in [-0.4, -0.2) is 0 Å². The van der Waals surface area contributed by atoms with Crippen molar-refractivity contribution in [2.75, 3.05) is 0 Å². The van der Waals surface area contributed by atoms with Gasteiger partial charge >= 0.3 is 0 Å². The highest BCUT2D eigenvalue weighted by molar-refractivity contribution is 5.36. The first-order chi connectivity index (χ1) is 8.83. The molecule has 0 radical (unpaired) electrons. The van der Waals surface area contributed by atoms with Crippen molar-refractivity contribution in [2.45, 2.75) is 19.3 Å². The van der Waals surface area contributed by atoms with Crippen molar-refractivity contribution in [2.24, 2.45) is 0 Å². The Balaban J connectivity index is 2.20. The molecule has 0 aliphatic carbocycles. The van der Waals surface area contributed by atoms with Gasteiger partial charge in [-0.1, -0.05) is 37.3 Å². The largest absolute Gasteiger partial charge is 0.457 e. The van der Waals surface area contributed by atoms with E-state index in [9.17, 15) is 0 Å². The standard InChI is InChI=1S/C16H15NO/c1-2-13(12-17)14-7-6-10-16(11-14)18-15-8-4-3-5-9-15/h3-11,13H,2H2,1H3. The molecule has 18 heavy (non-hydrogen) atoms. The molecule has 0 N–H and O–H groups in total. The highest BCUT2D eigenvalue weighted by Gasteiger charge is 2.08. The summed E-state index contributed by atoms with van der Waals surface area (Å²) in [7, 11) is 0. The molecule has 0 saturated carbocycles. The van der Waals surface area contributed by atoms with Gasteiger partial charge in [0.05, 0.1) is 12.0 Å². The third-order valence-corrected chi connectivity index (χ3v) is 2.80. The number of hydrogen-bond acceptors (Lipinski definition) is 2. The van der Waals surface area contributed by atoms with Gasteiger partial charge in [0.15, 0.2) is 0 Å². The zero-order valence-electron chi connectivity index (χ0n) is 10.3. The van der Waals surface area contributed by atoms with Crippen LogP contribution in [0.15, 0.2) is 54.6 Å². The van der Waals surface area contributed by atoms with Crippen LogP contribution in [0.1, 0.15) is 24.8 Å². The molecule has 2 aromatic rings. The average Bonchev–Trinajstić information content (AvgIpc) is 2.42. The Hall–Kier alpha value is -2.27. The van der Waals surface area contributed by atoms with Gasteiger partial charge in [-0.25, -0.2) is 0 Å². The van der Waals surface area contributed by atoms with Crippen molar-refractivity contribution in [1.82, 2.24) is 0 Å². The Morgan fingerprint density at radius 2 is 1.78 bits per heavy atom. The normalized spacial score (nSPS) is 11.6. The van der Waals surface area contributed by atoms with Gasteiger partial charge in [0.2, 0.25) is 0 Å². The van der Waals surface area contributed by atoms with E-state index in [1.54, 1.807) is 0 Å². The molecule has 0 aliphatic rings. The average molecular weight is 237 g/mol. The van der Waals surface area contributed by atoms with Gasteiger partial charge in [0.1, 0.15) is 11.5 Å². The fourth-order valence-corrected chi connectivity index (χ4v) is 1.82. The minimum Gasteiger partial charge on any atom is -0.457 e. The van der Waals surface area contributed by atoms with E-state index in [0.717, 1.165) is 23.5 Å². The minimum absolute atomic E-state index is 0.0654. The van der Waals surface area contributed by atoms with E-state index in [-0.39, 0.29) is 5.92 Å². The summed E-state index contributed by atoms with van der Waals surface area (Å²) in [5.74, 6) is 1.51. The predicted octanol–water partition coefficient (Wildman–Crippen LogP) is 4.50. The molecule has 1 atom stereocenters. The number of nitrogens with zero attached hydrogens (tertiary/aromatic N) is 1. The number of benzene rings is 2. The molecule has 0 aliphatic heterocycles. The first-order valence-corrected chi connectivity index (χ1v) is 6.06. The summed E-state index contributed by atoms with van der Waals surface area (Å²) >= 11 is 0. The summed E-state index contributed by atoms with van der Waals surface area (Å²) in [5, 5.41) is 9.07. The summed E-state index contributed by atoms with van der Waals surface area (Å²) in [6.07, 6.45) is 0.811. The lowest BCUT2D eigenvalue weighted by atomic mass is 9.98. The summed E-state index contributed by atoms with van der Waals surface area (Å²) in [6.45, 7) is 2.01. The molecule has 0 spiro atoms. The van der Waals surface area contributed by atoms with Crippen molar-refractivity contribution < 1.29 is 4.74 Å². The first kappa shape index (κ1) is 12.2. The van der Waals surface area contributed by atoms with Gasteiger partial charge in [-0.05, 0) is 36.2 Å². The summed E-state index contributed by atoms with van der Waals surface area (Å²) in [4.78, 5) is 0. The Morgan fingerprint density at radius 3 is 2.44 bits per heavy atom. The summed E-state index contributed by atoms with van der Waals surface area (Å²) < 4.78 is 5.75. The smallest absolute Gasteiger partial charge is 0.127 e. The van der Waals surface area contributed by atoms with Crippen LogP contribution in [0.5, 0.6) is 11.5 Å². The maximum atomic E-state index is 9.07. The lowest BCUT2D eigenvalue weighted by Crippen LogP contribution is -1.94. The second-order valence-electron chi connectivity index (χ2n) is 4.08. The van der Waals surface area contributed by atoms with Crippen molar-refractivity contribution in [1.29, 1.82) is 5.26 Å². The summed E-state index contributed by atoms with van der Waals surface area (Å²) in [6, 6.07) is 19.7. The third-order valence-electron chi connectivity index (χ3n) is 2.80. The molecular weight excluding hydrogens is 222 g/mol. The fourth-order valence-electron chi connectivity index (χ4n) is 1.82. The Kier molecular flexibility index (Phi) is 3.98. The molecule has 2 heteroatoms. The lowest BCUT2D eigenvalue weighted by molar-refractivity contribution is 0.481. The highest BCUT2D eigenvalue weighted by atomic mass is 16.5. The molecule has 90 valence electrons. The highest BCUT2D eigenvalue weighted by Crippen LogP contribution is 2.26. The quantitative estimate of drug-likeness (QED) is 0.784. The molecule has 2 rings (SSSR count). The molecule has 2 nitrogen and oxygen atoms in total. The number of hydrogen-bond donors (Lipinski definition) is 0. The zero-order valence-corrected chi connectivity index (χ0v) is 10.3. The van der Waals surface area contributed by atoms with Gasteiger partial charge in [-0.15, -0.1) is 0 Å². The number of ether oxygens (including phenoxy) is 1. The van der Waals surface area contributed by atoms with E-state index < -0.39 is 0 Å². The second-order valence-corrected chi connectivity index (χ2v) is 4.08. The van der Waals surface area contributed by atoms with Crippen LogP contribution in [0.4, 0.5) is 0 Å². The van der Waals surface area contributed by atoms with Gasteiger partial charge in [-0.3, -0.25) is 0 Å². The fraction of sp³-hybridized carbons (Fsp3) is 0.188. The number of para-hydroxylation sites is 1. The van der Waals surface area contributed by atoms with Gasteiger partial charge in [0.25, 0.3) is 0 Å². The van der Waals surface area contributed by atoms with Crippen molar-refractivity contribution in [3.8, 4) is 17.6 Å². The number of rotatable bonds is 4. The van der Waals surface area contributed by atoms with Crippen LogP contribution < -0.4 is 4.74 Å². The maximum Gasteiger partial charge on any atom is 0.127 e. The Morgan fingerprint density at radius 1 is 1.06 bits per heavy atom. The lowest BCUT2D eigenvalue weighted by Gasteiger charge is -2.10. The molecule has 0 saturated heterocycles. The van der Waals surface area contributed by atoms with Crippen LogP contribution in [0.3, 0.4) is 0 Å². The summed E-state index contributed by atoms with van der Waals surface area (Å²) in [5.41, 5.74) is 1.01. The third kappa shape index (κ3) is 2.89. The van der Waals surface area contributed by atoms with Crippen molar-refractivity contribution in [3.05, 3.63) is 60.2 Å². The maximum absolute atomic E-state index is 9.07. The van der Waals surface area contributed by atoms with Crippen molar-refractivity contribution >= 4 is 0 Å². The molecule has 2 aromatic carbocycles. The van der Waals surface area contributed by atoms with E-state index in [0.29, 0.717) is 0 Å². The van der Waals surface area contributed by atoms with Gasteiger partial charge in [0, 0.05) is 0 Å². The molecule has 0 heterocycles. The molecule has 0 fully saturated rings. The van der Waals surface area contributed by atoms with E-state index >= 15 is 0 Å². The van der Waals surface area contributed by atoms with Crippen LogP contribution in [-0.2, 0) is 0 Å². The zero-order chi connectivity index (χ0) is 12.8. The van der Waals surface area contributed by atoms with Crippen LogP contribution >= 0.6 is 0 Å². The van der Waals surface area contributed by atoms with E-state index in [1.165, 1.54) is 0 Å². The SMILES string of the molecule is CCC(C#N)c1cccc(Oc2ccccc2)c1. The topological polar surface area (TPSA) is 33.0 Å². The number of nitriles is 1. The van der Waals surface area contributed by atoms with E-state index in [4.69, 9.17) is 10.00 Å². The second kappa shape index (κ2) is 5.88. The van der Waals surface area contributed by atoms with Crippen LogP contribution in [0.2, 0.25) is 0 Å². The predicted molar refractivity (Wildman–Crippen MR) is 71.6 cm³/mol. The van der Waals surface area contributed by atoms with Crippen LogP contribution in [0.25, 0.3) is 0 Å². The molecule has 0 aromatic heterocycles. The molecule has 1 unspecified atom stereocenters. The van der Waals surface area contributed by atoms with Crippen molar-refractivity contribution in [3.63, 3.8) is 0 Å². The van der Waals surface area contributed by atoms with Gasteiger partial charge in [-0.2, -0.15) is 5.26 Å². The molecular formula is C16H15NO. The minimum atomic E-state index is -0.0654. The first-order valence-electron chi connectivity index (χ1n) is 6.06. The van der Waals surface area contributed by atoms with E-state index in [2.05, 4.69) is 6.07 Å². The molecule has 0 amide bonds. The monoisotopic (exact) mass is 237 g/mol.